The minimum atomic E-state index is -0.116. The molecule has 0 radical (unpaired) electrons. The molecule has 0 aliphatic carbocycles. The van der Waals surface area contributed by atoms with E-state index in [4.69, 9.17) is 18.7 Å². The van der Waals surface area contributed by atoms with Crippen molar-refractivity contribution in [3.05, 3.63) is 40.4 Å². The van der Waals surface area contributed by atoms with Crippen molar-refractivity contribution in [2.45, 2.75) is 6.42 Å². The molecule has 8 nitrogen and oxygen atoms in total. The molecular formula is C18H19N3O5S. The average Bonchev–Trinajstić information content (AvgIpc) is 3.38. The molecule has 0 aliphatic heterocycles. The van der Waals surface area contributed by atoms with Crippen LogP contribution in [-0.4, -0.2) is 43.9 Å². The summed E-state index contributed by atoms with van der Waals surface area (Å²) >= 11 is 1.39. The van der Waals surface area contributed by atoms with Gasteiger partial charge in [-0.25, -0.2) is 0 Å². The van der Waals surface area contributed by atoms with Crippen molar-refractivity contribution in [1.82, 2.24) is 15.5 Å². The Morgan fingerprint density at radius 1 is 1.19 bits per heavy atom. The van der Waals surface area contributed by atoms with Crippen LogP contribution in [0.4, 0.5) is 0 Å². The van der Waals surface area contributed by atoms with E-state index in [9.17, 15) is 4.79 Å². The zero-order valence-corrected chi connectivity index (χ0v) is 16.0. The highest BCUT2D eigenvalue weighted by atomic mass is 32.1. The van der Waals surface area contributed by atoms with Crippen molar-refractivity contribution >= 4 is 17.2 Å². The number of carbonyl (C=O) groups excluding carboxylic acids is 1. The van der Waals surface area contributed by atoms with Crippen LogP contribution in [0.15, 0.2) is 34.2 Å². The highest BCUT2D eigenvalue weighted by Gasteiger charge is 2.17. The number of methoxy groups -OCH3 is 3. The first kappa shape index (κ1) is 18.7. The van der Waals surface area contributed by atoms with Crippen LogP contribution in [0.5, 0.6) is 17.2 Å². The van der Waals surface area contributed by atoms with E-state index in [1.807, 2.05) is 11.4 Å². The average molecular weight is 389 g/mol. The zero-order chi connectivity index (χ0) is 19.2. The van der Waals surface area contributed by atoms with Gasteiger partial charge in [0.2, 0.25) is 17.5 Å². The van der Waals surface area contributed by atoms with Gasteiger partial charge in [-0.15, -0.1) is 11.3 Å². The molecule has 1 amide bonds. The minimum Gasteiger partial charge on any atom is -0.493 e. The Kier molecular flexibility index (Phi) is 5.92. The molecule has 0 bridgehead atoms. The number of aromatic nitrogens is 2. The number of amides is 1. The topological polar surface area (TPSA) is 95.7 Å². The molecule has 0 unspecified atom stereocenters. The van der Waals surface area contributed by atoms with E-state index in [0.717, 1.165) is 0 Å². The Morgan fingerprint density at radius 3 is 2.52 bits per heavy atom. The van der Waals surface area contributed by atoms with E-state index in [0.29, 0.717) is 52.4 Å². The van der Waals surface area contributed by atoms with Gasteiger partial charge in [-0.2, -0.15) is 4.98 Å². The summed E-state index contributed by atoms with van der Waals surface area (Å²) in [6, 6.07) is 7.10. The summed E-state index contributed by atoms with van der Waals surface area (Å²) in [6.45, 7) is 0.396. The molecule has 0 fully saturated rings. The lowest BCUT2D eigenvalue weighted by atomic mass is 10.1. The number of hydrogen-bond donors (Lipinski definition) is 1. The number of rotatable bonds is 8. The van der Waals surface area contributed by atoms with Crippen LogP contribution < -0.4 is 19.5 Å². The van der Waals surface area contributed by atoms with Crippen LogP contribution in [0.25, 0.3) is 11.4 Å². The second-order valence-electron chi connectivity index (χ2n) is 5.41. The van der Waals surface area contributed by atoms with E-state index >= 15 is 0 Å². The molecule has 142 valence electrons. The highest BCUT2D eigenvalue weighted by molar-refractivity contribution is 7.12. The van der Waals surface area contributed by atoms with Crippen molar-refractivity contribution in [3.63, 3.8) is 0 Å². The Balaban J connectivity index is 1.69. The molecule has 2 heterocycles. The normalized spacial score (nSPS) is 10.5. The molecular weight excluding hydrogens is 370 g/mol. The summed E-state index contributed by atoms with van der Waals surface area (Å²) in [7, 11) is 4.62. The van der Waals surface area contributed by atoms with Crippen LogP contribution in [-0.2, 0) is 6.42 Å². The van der Waals surface area contributed by atoms with Gasteiger partial charge in [0.25, 0.3) is 5.91 Å². The Hall–Kier alpha value is -3.07. The summed E-state index contributed by atoms with van der Waals surface area (Å²) in [6.07, 6.45) is 0.425. The molecule has 0 saturated carbocycles. The van der Waals surface area contributed by atoms with Crippen LogP contribution in [0, 0.1) is 0 Å². The third kappa shape index (κ3) is 4.20. The molecule has 0 spiro atoms. The maximum atomic E-state index is 11.9. The SMILES string of the molecule is COc1cc(-c2noc(CCNC(=O)c3cccs3)n2)cc(OC)c1OC. The van der Waals surface area contributed by atoms with Gasteiger partial charge in [0.15, 0.2) is 11.5 Å². The van der Waals surface area contributed by atoms with Crippen LogP contribution in [0.3, 0.4) is 0 Å². The minimum absolute atomic E-state index is 0.116. The first-order valence-corrected chi connectivity index (χ1v) is 8.99. The van der Waals surface area contributed by atoms with Crippen molar-refractivity contribution in [1.29, 1.82) is 0 Å². The lowest BCUT2D eigenvalue weighted by Crippen LogP contribution is -2.24. The summed E-state index contributed by atoms with van der Waals surface area (Å²) < 4.78 is 21.3. The van der Waals surface area contributed by atoms with Gasteiger partial charge in [0.05, 0.1) is 26.2 Å². The van der Waals surface area contributed by atoms with Gasteiger partial charge < -0.3 is 24.1 Å². The number of ether oxygens (including phenoxy) is 3. The van der Waals surface area contributed by atoms with Crippen molar-refractivity contribution in [2.75, 3.05) is 27.9 Å². The molecule has 0 aliphatic rings. The molecule has 0 saturated heterocycles. The largest absolute Gasteiger partial charge is 0.493 e. The Bertz CT molecular complexity index is 883. The first-order chi connectivity index (χ1) is 13.2. The standard InChI is InChI=1S/C18H19N3O5S/c1-23-12-9-11(10-13(24-2)16(12)25-3)17-20-15(26-21-17)6-7-19-18(22)14-5-4-8-27-14/h4-5,8-10H,6-7H2,1-3H3,(H,19,22). The van der Waals surface area contributed by atoms with Gasteiger partial charge in [-0.05, 0) is 23.6 Å². The van der Waals surface area contributed by atoms with Gasteiger partial charge in [0.1, 0.15) is 0 Å². The number of nitrogens with one attached hydrogen (secondary N) is 1. The number of nitrogens with zero attached hydrogens (tertiary/aromatic N) is 2. The van der Waals surface area contributed by atoms with E-state index in [2.05, 4.69) is 15.5 Å². The number of benzene rings is 1. The first-order valence-electron chi connectivity index (χ1n) is 8.11. The monoisotopic (exact) mass is 389 g/mol. The zero-order valence-electron chi connectivity index (χ0n) is 15.1. The van der Waals surface area contributed by atoms with Gasteiger partial charge in [-0.3, -0.25) is 4.79 Å². The summed E-state index contributed by atoms with van der Waals surface area (Å²) in [5, 5.41) is 8.67. The molecule has 3 rings (SSSR count). The fraction of sp³-hybridized carbons (Fsp3) is 0.278. The van der Waals surface area contributed by atoms with Crippen molar-refractivity contribution in [2.24, 2.45) is 0 Å². The van der Waals surface area contributed by atoms with Crippen molar-refractivity contribution < 1.29 is 23.5 Å². The second kappa shape index (κ2) is 8.54. The fourth-order valence-electron chi connectivity index (χ4n) is 2.46. The molecule has 0 atom stereocenters. The molecule has 27 heavy (non-hydrogen) atoms. The Morgan fingerprint density at radius 2 is 1.93 bits per heavy atom. The van der Waals surface area contributed by atoms with Crippen molar-refractivity contribution in [3.8, 4) is 28.6 Å². The lowest BCUT2D eigenvalue weighted by molar-refractivity contribution is 0.0957. The third-order valence-corrected chi connectivity index (χ3v) is 4.63. The maximum Gasteiger partial charge on any atom is 0.261 e. The molecule has 2 aromatic heterocycles. The summed E-state index contributed by atoms with van der Waals surface area (Å²) in [5.74, 6) is 2.19. The molecule has 1 N–H and O–H groups in total. The van der Waals surface area contributed by atoms with Crippen LogP contribution >= 0.6 is 11.3 Å². The van der Waals surface area contributed by atoms with Crippen LogP contribution in [0.2, 0.25) is 0 Å². The fourth-order valence-corrected chi connectivity index (χ4v) is 3.10. The van der Waals surface area contributed by atoms with Gasteiger partial charge >= 0.3 is 0 Å². The molecule has 3 aromatic rings. The van der Waals surface area contributed by atoms with Gasteiger partial charge in [0, 0.05) is 18.5 Å². The lowest BCUT2D eigenvalue weighted by Gasteiger charge is -2.12. The van der Waals surface area contributed by atoms with E-state index in [1.54, 1.807) is 32.4 Å². The predicted molar refractivity (Wildman–Crippen MR) is 99.7 cm³/mol. The van der Waals surface area contributed by atoms with E-state index < -0.39 is 0 Å². The number of thiophene rings is 1. The van der Waals surface area contributed by atoms with E-state index in [-0.39, 0.29) is 5.91 Å². The second-order valence-corrected chi connectivity index (χ2v) is 6.36. The smallest absolute Gasteiger partial charge is 0.261 e. The quantitative estimate of drug-likeness (QED) is 0.633. The molecule has 1 aromatic carbocycles. The third-order valence-electron chi connectivity index (χ3n) is 3.76. The number of carbonyl (C=O) groups is 1. The van der Waals surface area contributed by atoms with Crippen LogP contribution in [0.1, 0.15) is 15.6 Å². The molecule has 9 heteroatoms. The predicted octanol–water partition coefficient (Wildman–Crippen LogP) is 2.80. The highest BCUT2D eigenvalue weighted by Crippen LogP contribution is 2.40. The summed E-state index contributed by atoms with van der Waals surface area (Å²) in [5.41, 5.74) is 0.669. The van der Waals surface area contributed by atoms with E-state index in [1.165, 1.54) is 18.4 Å². The van der Waals surface area contributed by atoms with Gasteiger partial charge in [-0.1, -0.05) is 11.2 Å². The summed E-state index contributed by atoms with van der Waals surface area (Å²) in [4.78, 5) is 17.0. The maximum absolute atomic E-state index is 11.9. The number of hydrogen-bond acceptors (Lipinski definition) is 8. The Labute approximate surface area is 160 Å².